The maximum absolute atomic E-state index is 13.5. The molecule has 0 aliphatic heterocycles. The van der Waals surface area contributed by atoms with E-state index in [4.69, 9.17) is 4.74 Å². The molecular weight excluding hydrogens is 615 g/mol. The summed E-state index contributed by atoms with van der Waals surface area (Å²) in [4.78, 5) is 26.7. The van der Waals surface area contributed by atoms with E-state index in [0.717, 1.165) is 29.5 Å². The number of amides is 2. The number of hydrogen-bond donors (Lipinski definition) is 3. The first-order valence-corrected chi connectivity index (χ1v) is 18.0. The molecule has 3 atom stereocenters. The largest absolute Gasteiger partial charge is 0.444 e. The number of nitrogens with one attached hydrogen (secondary N) is 3. The van der Waals surface area contributed by atoms with E-state index in [0.29, 0.717) is 18.8 Å². The molecule has 0 radical (unpaired) electrons. The van der Waals surface area contributed by atoms with Gasteiger partial charge >= 0.3 is 6.09 Å². The van der Waals surface area contributed by atoms with Crippen molar-refractivity contribution in [3.05, 3.63) is 144 Å². The molecule has 2 amide bonds. The van der Waals surface area contributed by atoms with E-state index in [1.54, 1.807) is 11.8 Å². The molecule has 3 N–H and O–H groups in total. The van der Waals surface area contributed by atoms with E-state index in [9.17, 15) is 9.59 Å². The van der Waals surface area contributed by atoms with Crippen LogP contribution in [0, 0.1) is 5.92 Å². The molecule has 0 saturated carbocycles. The number of ether oxygens (including phenoxy) is 1. The SMILES string of the molecule is CC[C@H](C)[C@H](NC[C@H](CSC(c1ccccc1)(c1ccccc1)c1ccccc1)NC(=O)OC(C)(C)C)C(=O)NCCc1ccccc1. The second-order valence-electron chi connectivity index (χ2n) is 13.2. The zero-order valence-electron chi connectivity index (χ0n) is 28.9. The summed E-state index contributed by atoms with van der Waals surface area (Å²) in [5.74, 6) is 0.609. The normalized spacial score (nSPS) is 13.6. The van der Waals surface area contributed by atoms with Gasteiger partial charge in [-0.15, -0.1) is 11.8 Å². The van der Waals surface area contributed by atoms with Crippen molar-refractivity contribution in [2.45, 2.75) is 69.9 Å². The molecule has 0 aliphatic rings. The van der Waals surface area contributed by atoms with Gasteiger partial charge in [-0.05, 0) is 55.4 Å². The third-order valence-corrected chi connectivity index (χ3v) is 10.1. The highest BCUT2D eigenvalue weighted by atomic mass is 32.2. The van der Waals surface area contributed by atoms with Crippen LogP contribution in [-0.2, 0) is 20.7 Å². The van der Waals surface area contributed by atoms with Crippen molar-refractivity contribution in [3.63, 3.8) is 0 Å². The minimum absolute atomic E-state index is 0.0313. The first-order valence-electron chi connectivity index (χ1n) is 17.0. The number of carbonyl (C=O) groups excluding carboxylic acids is 2. The molecule has 0 aromatic heterocycles. The Hall–Kier alpha value is -4.07. The monoisotopic (exact) mass is 665 g/mol. The van der Waals surface area contributed by atoms with Gasteiger partial charge in [0.2, 0.25) is 5.91 Å². The fourth-order valence-electron chi connectivity index (χ4n) is 5.76. The molecular formula is C41H51N3O3S. The summed E-state index contributed by atoms with van der Waals surface area (Å²) >= 11 is 1.77. The summed E-state index contributed by atoms with van der Waals surface area (Å²) in [5.41, 5.74) is 3.97. The summed E-state index contributed by atoms with van der Waals surface area (Å²) in [6.45, 7) is 10.7. The van der Waals surface area contributed by atoms with Crippen molar-refractivity contribution >= 4 is 23.8 Å². The van der Waals surface area contributed by atoms with Gasteiger partial charge in [0.15, 0.2) is 0 Å². The second-order valence-corrected chi connectivity index (χ2v) is 14.5. The van der Waals surface area contributed by atoms with Crippen LogP contribution in [0.25, 0.3) is 0 Å². The fraction of sp³-hybridized carbons (Fsp3) is 0.366. The minimum Gasteiger partial charge on any atom is -0.444 e. The van der Waals surface area contributed by atoms with Crippen LogP contribution in [-0.4, -0.2) is 48.5 Å². The van der Waals surface area contributed by atoms with Crippen molar-refractivity contribution in [2.75, 3.05) is 18.8 Å². The van der Waals surface area contributed by atoms with E-state index >= 15 is 0 Å². The number of alkyl carbamates (subject to hydrolysis) is 1. The quantitative estimate of drug-likeness (QED) is 0.106. The molecule has 6 nitrogen and oxygen atoms in total. The van der Waals surface area contributed by atoms with Crippen molar-refractivity contribution in [1.29, 1.82) is 0 Å². The van der Waals surface area contributed by atoms with Crippen LogP contribution in [0.4, 0.5) is 4.79 Å². The van der Waals surface area contributed by atoms with Crippen LogP contribution in [0.5, 0.6) is 0 Å². The maximum atomic E-state index is 13.5. The molecule has 0 aliphatic carbocycles. The highest BCUT2D eigenvalue weighted by Gasteiger charge is 2.38. The lowest BCUT2D eigenvalue weighted by Crippen LogP contribution is -2.54. The van der Waals surface area contributed by atoms with E-state index in [1.807, 2.05) is 57.2 Å². The van der Waals surface area contributed by atoms with Crippen LogP contribution >= 0.6 is 11.8 Å². The Morgan fingerprint density at radius 1 is 0.750 bits per heavy atom. The predicted molar refractivity (Wildman–Crippen MR) is 199 cm³/mol. The Balaban J connectivity index is 1.61. The summed E-state index contributed by atoms with van der Waals surface area (Å²) in [6.07, 6.45) is 1.12. The Morgan fingerprint density at radius 3 is 1.69 bits per heavy atom. The van der Waals surface area contributed by atoms with Crippen LogP contribution in [0.3, 0.4) is 0 Å². The first kappa shape index (κ1) is 36.8. The second kappa shape index (κ2) is 17.9. The van der Waals surface area contributed by atoms with Crippen molar-refractivity contribution in [1.82, 2.24) is 16.0 Å². The fourth-order valence-corrected chi connectivity index (χ4v) is 7.32. The Labute approximate surface area is 291 Å². The number of hydrogen-bond acceptors (Lipinski definition) is 5. The van der Waals surface area contributed by atoms with Crippen LogP contribution in [0.2, 0.25) is 0 Å². The Bertz CT molecular complexity index is 1430. The van der Waals surface area contributed by atoms with Crippen LogP contribution in [0.1, 0.15) is 63.3 Å². The molecule has 0 fully saturated rings. The van der Waals surface area contributed by atoms with Gasteiger partial charge in [0.25, 0.3) is 0 Å². The standard InChI is InChI=1S/C41H51N3O3S/c1-6-31(2)37(38(45)42-28-27-32-19-11-7-12-20-32)43-29-36(44-39(46)47-40(3,4)5)30-48-41(33-21-13-8-14-22-33,34-23-15-9-16-24-34)35-25-17-10-18-26-35/h7-26,31,36-37,43H,6,27-30H2,1-5H3,(H,42,45)(H,44,46)/t31-,36+,37-/m0/s1. The molecule has 0 saturated heterocycles. The highest BCUT2D eigenvalue weighted by Crippen LogP contribution is 2.48. The lowest BCUT2D eigenvalue weighted by atomic mass is 9.84. The van der Waals surface area contributed by atoms with Gasteiger partial charge in [-0.2, -0.15) is 0 Å². The molecule has 0 heterocycles. The molecule has 254 valence electrons. The molecule has 7 heteroatoms. The molecule has 4 aromatic carbocycles. The number of carbonyl (C=O) groups is 2. The number of rotatable bonds is 16. The third kappa shape index (κ3) is 10.5. The average molecular weight is 666 g/mol. The lowest BCUT2D eigenvalue weighted by Gasteiger charge is -2.37. The van der Waals surface area contributed by atoms with Crippen molar-refractivity contribution < 1.29 is 14.3 Å². The highest BCUT2D eigenvalue weighted by molar-refractivity contribution is 8.00. The molecule has 4 rings (SSSR count). The van der Waals surface area contributed by atoms with Gasteiger partial charge < -0.3 is 20.7 Å². The average Bonchev–Trinajstić information content (AvgIpc) is 3.09. The molecule has 48 heavy (non-hydrogen) atoms. The van der Waals surface area contributed by atoms with Crippen molar-refractivity contribution in [3.8, 4) is 0 Å². The minimum atomic E-state index is -0.644. The molecule has 0 spiro atoms. The van der Waals surface area contributed by atoms with Crippen LogP contribution < -0.4 is 16.0 Å². The first-order chi connectivity index (χ1) is 23.1. The smallest absolute Gasteiger partial charge is 0.407 e. The van der Waals surface area contributed by atoms with Gasteiger partial charge in [-0.25, -0.2) is 4.79 Å². The lowest BCUT2D eigenvalue weighted by molar-refractivity contribution is -0.124. The van der Waals surface area contributed by atoms with Gasteiger partial charge in [0.1, 0.15) is 5.60 Å². The molecule has 0 bridgehead atoms. The van der Waals surface area contributed by atoms with E-state index < -0.39 is 22.5 Å². The predicted octanol–water partition coefficient (Wildman–Crippen LogP) is 7.97. The van der Waals surface area contributed by atoms with E-state index in [-0.39, 0.29) is 17.9 Å². The summed E-state index contributed by atoms with van der Waals surface area (Å²) in [7, 11) is 0. The number of thioether (sulfide) groups is 1. The zero-order chi connectivity index (χ0) is 34.4. The number of benzene rings is 4. The van der Waals surface area contributed by atoms with Gasteiger partial charge in [-0.1, -0.05) is 142 Å². The van der Waals surface area contributed by atoms with E-state index in [2.05, 4.69) is 115 Å². The van der Waals surface area contributed by atoms with E-state index in [1.165, 1.54) is 5.56 Å². The van der Waals surface area contributed by atoms with Gasteiger partial charge in [-0.3, -0.25) is 4.79 Å². The van der Waals surface area contributed by atoms with Crippen molar-refractivity contribution in [2.24, 2.45) is 5.92 Å². The Morgan fingerprint density at radius 2 is 1.23 bits per heavy atom. The molecule has 0 unspecified atom stereocenters. The maximum Gasteiger partial charge on any atom is 0.407 e. The third-order valence-electron chi connectivity index (χ3n) is 8.40. The van der Waals surface area contributed by atoms with Gasteiger partial charge in [0.05, 0.1) is 16.8 Å². The summed E-state index contributed by atoms with van der Waals surface area (Å²) < 4.78 is 5.15. The van der Waals surface area contributed by atoms with Gasteiger partial charge in [0, 0.05) is 18.8 Å². The summed E-state index contributed by atoms with van der Waals surface area (Å²) in [5, 5.41) is 9.83. The molecule has 4 aromatic rings. The van der Waals surface area contributed by atoms with Crippen LogP contribution in [0.15, 0.2) is 121 Å². The summed E-state index contributed by atoms with van der Waals surface area (Å²) in [6, 6.07) is 40.9. The topological polar surface area (TPSA) is 79.5 Å². The zero-order valence-corrected chi connectivity index (χ0v) is 29.8. The Kier molecular flexibility index (Phi) is 13.7.